The van der Waals surface area contributed by atoms with E-state index in [-0.39, 0.29) is 0 Å². The third-order valence-corrected chi connectivity index (χ3v) is 5.66. The van der Waals surface area contributed by atoms with Crippen LogP contribution >= 0.6 is 0 Å². The lowest BCUT2D eigenvalue weighted by Crippen LogP contribution is -2.23. The standard InChI is InChI=1S/C27H33NO2/c1-5-10-22(11-6-2)18-28-17-21(3)25(19-28)24-14-15-26(29-4)27(16-24)30-20-23-12-8-7-9-13-23/h5-16,21,25H,1,17-20H2,2-4H3/b11-6-,22-10+/t21-,25+/m0/s1. The molecule has 3 rings (SSSR count). The summed E-state index contributed by atoms with van der Waals surface area (Å²) in [6.45, 7) is 11.8. The van der Waals surface area contributed by atoms with Crippen molar-refractivity contribution in [3.63, 3.8) is 0 Å². The fraction of sp³-hybridized carbons (Fsp3) is 0.333. The lowest BCUT2D eigenvalue weighted by atomic mass is 9.90. The highest BCUT2D eigenvalue weighted by Crippen LogP contribution is 2.37. The predicted octanol–water partition coefficient (Wildman–Crippen LogP) is 6.00. The van der Waals surface area contributed by atoms with Crippen molar-refractivity contribution in [2.45, 2.75) is 26.4 Å². The highest BCUT2D eigenvalue weighted by Gasteiger charge is 2.31. The van der Waals surface area contributed by atoms with Gasteiger partial charge >= 0.3 is 0 Å². The topological polar surface area (TPSA) is 21.7 Å². The van der Waals surface area contributed by atoms with E-state index in [1.165, 1.54) is 11.1 Å². The van der Waals surface area contributed by atoms with Gasteiger partial charge in [0.2, 0.25) is 0 Å². The average Bonchev–Trinajstić information content (AvgIpc) is 3.13. The minimum absolute atomic E-state index is 0.477. The maximum absolute atomic E-state index is 6.14. The molecule has 0 N–H and O–H groups in total. The van der Waals surface area contributed by atoms with Crippen LogP contribution in [0, 0.1) is 5.92 Å². The molecule has 1 saturated heterocycles. The fourth-order valence-corrected chi connectivity index (χ4v) is 4.19. The number of likely N-dealkylation sites (tertiary alicyclic amines) is 1. The molecule has 158 valence electrons. The van der Waals surface area contributed by atoms with Crippen LogP contribution in [0.4, 0.5) is 0 Å². The molecule has 0 aliphatic carbocycles. The minimum atomic E-state index is 0.477. The molecule has 0 spiro atoms. The first-order valence-corrected chi connectivity index (χ1v) is 10.7. The maximum atomic E-state index is 6.14. The van der Waals surface area contributed by atoms with Gasteiger partial charge in [-0.2, -0.15) is 0 Å². The first kappa shape index (κ1) is 21.9. The lowest BCUT2D eigenvalue weighted by molar-refractivity contribution is 0.284. The summed E-state index contributed by atoms with van der Waals surface area (Å²) < 4.78 is 11.7. The van der Waals surface area contributed by atoms with Gasteiger partial charge in [0.05, 0.1) is 7.11 Å². The van der Waals surface area contributed by atoms with E-state index in [2.05, 4.69) is 67.8 Å². The van der Waals surface area contributed by atoms with E-state index in [0.29, 0.717) is 18.4 Å². The fourth-order valence-electron chi connectivity index (χ4n) is 4.19. The van der Waals surface area contributed by atoms with Gasteiger partial charge in [0.25, 0.3) is 0 Å². The van der Waals surface area contributed by atoms with E-state index < -0.39 is 0 Å². The summed E-state index contributed by atoms with van der Waals surface area (Å²) in [6, 6.07) is 16.6. The summed E-state index contributed by atoms with van der Waals surface area (Å²) in [6.07, 6.45) is 8.22. The minimum Gasteiger partial charge on any atom is -0.493 e. The predicted molar refractivity (Wildman–Crippen MR) is 125 cm³/mol. The zero-order chi connectivity index (χ0) is 21.3. The zero-order valence-corrected chi connectivity index (χ0v) is 18.4. The molecule has 0 aromatic heterocycles. The Kier molecular flexibility index (Phi) is 7.92. The molecule has 2 aromatic rings. The van der Waals surface area contributed by atoms with Crippen LogP contribution in [0.3, 0.4) is 0 Å². The second kappa shape index (κ2) is 10.8. The van der Waals surface area contributed by atoms with Crippen LogP contribution in [0.25, 0.3) is 0 Å². The van der Waals surface area contributed by atoms with Gasteiger partial charge in [0.15, 0.2) is 11.5 Å². The number of benzene rings is 2. The molecule has 0 bridgehead atoms. The third kappa shape index (κ3) is 5.64. The van der Waals surface area contributed by atoms with Gasteiger partial charge in [-0.1, -0.05) is 74.2 Å². The molecule has 30 heavy (non-hydrogen) atoms. The van der Waals surface area contributed by atoms with Crippen LogP contribution in [-0.2, 0) is 6.61 Å². The molecule has 1 aliphatic heterocycles. The SMILES string of the molecule is C=C/C=C(\C=C/C)CN1C[C@H](C)[C@H](c2ccc(OC)c(OCc3ccccc3)c2)C1. The van der Waals surface area contributed by atoms with Gasteiger partial charge in [0, 0.05) is 25.6 Å². The normalized spacial score (nSPS) is 19.9. The number of nitrogens with zero attached hydrogens (tertiary/aromatic N) is 1. The van der Waals surface area contributed by atoms with Gasteiger partial charge in [-0.05, 0) is 41.7 Å². The Balaban J connectivity index is 1.73. The Morgan fingerprint density at radius 2 is 1.93 bits per heavy atom. The van der Waals surface area contributed by atoms with Crippen LogP contribution < -0.4 is 9.47 Å². The number of methoxy groups -OCH3 is 1. The number of allylic oxidation sites excluding steroid dienone is 3. The first-order valence-electron chi connectivity index (χ1n) is 10.7. The summed E-state index contributed by atoms with van der Waals surface area (Å²) in [5, 5.41) is 0. The highest BCUT2D eigenvalue weighted by molar-refractivity contribution is 5.44. The largest absolute Gasteiger partial charge is 0.493 e. The summed E-state index contributed by atoms with van der Waals surface area (Å²) in [7, 11) is 1.69. The Hall–Kier alpha value is -2.78. The molecular formula is C27H33NO2. The molecule has 2 aromatic carbocycles. The van der Waals surface area contributed by atoms with E-state index in [4.69, 9.17) is 9.47 Å². The van der Waals surface area contributed by atoms with Gasteiger partial charge in [-0.3, -0.25) is 4.90 Å². The van der Waals surface area contributed by atoms with Crippen molar-refractivity contribution in [2.75, 3.05) is 26.7 Å². The summed E-state index contributed by atoms with van der Waals surface area (Å²) in [4.78, 5) is 2.53. The van der Waals surface area contributed by atoms with Gasteiger partial charge in [0.1, 0.15) is 6.61 Å². The van der Waals surface area contributed by atoms with Crippen molar-refractivity contribution >= 4 is 0 Å². The molecule has 1 fully saturated rings. The summed E-state index contributed by atoms with van der Waals surface area (Å²) in [5.74, 6) is 2.65. The smallest absolute Gasteiger partial charge is 0.161 e. The Morgan fingerprint density at radius 1 is 1.13 bits per heavy atom. The lowest BCUT2D eigenvalue weighted by Gasteiger charge is -2.19. The number of hydrogen-bond acceptors (Lipinski definition) is 3. The first-order chi connectivity index (χ1) is 14.6. The van der Waals surface area contributed by atoms with E-state index in [1.54, 1.807) is 7.11 Å². The summed E-state index contributed by atoms with van der Waals surface area (Å²) >= 11 is 0. The molecule has 0 unspecified atom stereocenters. The number of ether oxygens (including phenoxy) is 2. The molecule has 2 atom stereocenters. The van der Waals surface area contributed by atoms with Crippen molar-refractivity contribution in [2.24, 2.45) is 5.92 Å². The van der Waals surface area contributed by atoms with E-state index in [9.17, 15) is 0 Å². The van der Waals surface area contributed by atoms with Crippen LogP contribution in [0.2, 0.25) is 0 Å². The molecule has 0 radical (unpaired) electrons. The van der Waals surface area contributed by atoms with Gasteiger partial charge in [-0.15, -0.1) is 0 Å². The van der Waals surface area contributed by atoms with E-state index >= 15 is 0 Å². The maximum Gasteiger partial charge on any atom is 0.161 e. The van der Waals surface area contributed by atoms with Crippen LogP contribution in [-0.4, -0.2) is 31.6 Å². The second-order valence-electron chi connectivity index (χ2n) is 7.94. The monoisotopic (exact) mass is 403 g/mol. The van der Waals surface area contributed by atoms with Crippen molar-refractivity contribution in [3.05, 3.63) is 96.1 Å². The van der Waals surface area contributed by atoms with Crippen molar-refractivity contribution in [3.8, 4) is 11.5 Å². The number of hydrogen-bond donors (Lipinski definition) is 0. The van der Waals surface area contributed by atoms with Crippen molar-refractivity contribution < 1.29 is 9.47 Å². The Labute approximate surface area is 181 Å². The molecule has 1 aliphatic rings. The van der Waals surface area contributed by atoms with E-state index in [0.717, 1.165) is 36.7 Å². The average molecular weight is 404 g/mol. The number of rotatable bonds is 9. The third-order valence-electron chi connectivity index (χ3n) is 5.66. The highest BCUT2D eigenvalue weighted by atomic mass is 16.5. The van der Waals surface area contributed by atoms with Crippen LogP contribution in [0.15, 0.2) is 85.0 Å². The summed E-state index contributed by atoms with van der Waals surface area (Å²) in [5.41, 5.74) is 3.76. The molecular weight excluding hydrogens is 370 g/mol. The Morgan fingerprint density at radius 3 is 2.63 bits per heavy atom. The molecule has 0 amide bonds. The molecule has 3 heteroatoms. The quantitative estimate of drug-likeness (QED) is 0.480. The van der Waals surface area contributed by atoms with Crippen LogP contribution in [0.1, 0.15) is 30.9 Å². The second-order valence-corrected chi connectivity index (χ2v) is 7.94. The molecule has 0 saturated carbocycles. The van der Waals surface area contributed by atoms with Crippen molar-refractivity contribution in [1.82, 2.24) is 4.90 Å². The molecule has 1 heterocycles. The zero-order valence-electron chi connectivity index (χ0n) is 18.4. The van der Waals surface area contributed by atoms with Crippen molar-refractivity contribution in [1.29, 1.82) is 0 Å². The Bertz CT molecular complexity index is 885. The van der Waals surface area contributed by atoms with Crippen LogP contribution in [0.5, 0.6) is 11.5 Å². The van der Waals surface area contributed by atoms with Gasteiger partial charge < -0.3 is 9.47 Å². The van der Waals surface area contributed by atoms with Gasteiger partial charge in [-0.25, -0.2) is 0 Å². The van der Waals surface area contributed by atoms with E-state index in [1.807, 2.05) is 30.3 Å². The molecule has 3 nitrogen and oxygen atoms in total.